The number of hydrogen-bond donors (Lipinski definition) is 1. The number of benzene rings is 1. The van der Waals surface area contributed by atoms with Gasteiger partial charge in [0.2, 0.25) is 0 Å². The van der Waals surface area contributed by atoms with Crippen molar-refractivity contribution in [3.8, 4) is 0 Å². The fraction of sp³-hybridized carbons (Fsp3) is 0.455. The molecule has 0 amide bonds. The summed E-state index contributed by atoms with van der Waals surface area (Å²) in [6, 6.07) is 8.86. The molecule has 1 nitrogen and oxygen atoms in total. The Bertz CT molecular complexity index is 313. The van der Waals surface area contributed by atoms with Gasteiger partial charge in [-0.15, -0.1) is 0 Å². The monoisotopic (exact) mass is 159 g/mol. The Morgan fingerprint density at radius 1 is 1.17 bits per heavy atom. The molecule has 1 saturated heterocycles. The molecule has 1 heteroatoms. The Labute approximate surface area is 72.8 Å². The predicted octanol–water partition coefficient (Wildman–Crippen LogP) is 1.82. The maximum Gasteiger partial charge on any atom is 0.0452 e. The molecular weight excluding hydrogens is 146 g/mol. The average Bonchev–Trinajstić information content (AvgIpc) is 2.42. The first-order valence-electron chi connectivity index (χ1n) is 4.74. The summed E-state index contributed by atoms with van der Waals surface area (Å²) in [6.45, 7) is 1.20. The van der Waals surface area contributed by atoms with Crippen molar-refractivity contribution in [2.45, 2.75) is 24.8 Å². The van der Waals surface area contributed by atoms with Crippen LogP contribution >= 0.6 is 0 Å². The highest BCUT2D eigenvalue weighted by molar-refractivity contribution is 5.40. The minimum absolute atomic E-state index is 0.399. The first-order chi connectivity index (χ1) is 5.91. The van der Waals surface area contributed by atoms with Crippen molar-refractivity contribution in [3.63, 3.8) is 0 Å². The number of hydrogen-bond acceptors (Lipinski definition) is 1. The maximum atomic E-state index is 3.58. The van der Waals surface area contributed by atoms with Crippen molar-refractivity contribution in [2.24, 2.45) is 0 Å². The maximum absolute atomic E-state index is 3.58. The Morgan fingerprint density at radius 3 is 2.75 bits per heavy atom. The minimum atomic E-state index is 0.399. The largest absolute Gasteiger partial charge is 0.307 e. The lowest BCUT2D eigenvalue weighted by Gasteiger charge is -2.41. The van der Waals surface area contributed by atoms with Crippen LogP contribution in [0.1, 0.15) is 24.0 Å². The summed E-state index contributed by atoms with van der Waals surface area (Å²) in [6.07, 6.45) is 3.92. The Kier molecular flexibility index (Phi) is 1.17. The molecule has 12 heavy (non-hydrogen) atoms. The van der Waals surface area contributed by atoms with Crippen molar-refractivity contribution in [3.05, 3.63) is 35.4 Å². The van der Waals surface area contributed by atoms with E-state index in [9.17, 15) is 0 Å². The highest BCUT2D eigenvalue weighted by atomic mass is 15.1. The number of aryl methyl sites for hydroxylation is 1. The second-order valence-electron chi connectivity index (χ2n) is 3.92. The summed E-state index contributed by atoms with van der Waals surface area (Å²) in [4.78, 5) is 0. The molecule has 1 heterocycles. The first-order valence-corrected chi connectivity index (χ1v) is 4.74. The lowest BCUT2D eigenvalue weighted by molar-refractivity contribution is 0.210. The van der Waals surface area contributed by atoms with E-state index in [2.05, 4.69) is 29.6 Å². The van der Waals surface area contributed by atoms with Gasteiger partial charge in [-0.3, -0.25) is 0 Å². The van der Waals surface area contributed by atoms with Crippen LogP contribution in [0.3, 0.4) is 0 Å². The molecule has 1 aliphatic carbocycles. The van der Waals surface area contributed by atoms with E-state index >= 15 is 0 Å². The van der Waals surface area contributed by atoms with Gasteiger partial charge in [-0.05, 0) is 36.9 Å². The fourth-order valence-electron chi connectivity index (χ4n) is 2.56. The van der Waals surface area contributed by atoms with Gasteiger partial charge in [-0.2, -0.15) is 0 Å². The molecule has 1 atom stereocenters. The van der Waals surface area contributed by atoms with Gasteiger partial charge in [0.25, 0.3) is 0 Å². The number of fused-ring (bicyclic) bond motifs is 2. The van der Waals surface area contributed by atoms with Gasteiger partial charge in [-0.1, -0.05) is 24.3 Å². The highest BCUT2D eigenvalue weighted by Crippen LogP contribution is 2.42. The van der Waals surface area contributed by atoms with E-state index in [-0.39, 0.29) is 0 Å². The molecule has 1 aliphatic heterocycles. The summed E-state index contributed by atoms with van der Waals surface area (Å²) in [5.41, 5.74) is 3.53. The lowest BCUT2D eigenvalue weighted by Crippen LogP contribution is -2.52. The van der Waals surface area contributed by atoms with E-state index in [1.807, 2.05) is 0 Å². The molecule has 3 rings (SSSR count). The fourth-order valence-corrected chi connectivity index (χ4v) is 2.56. The van der Waals surface area contributed by atoms with E-state index < -0.39 is 0 Å². The summed E-state index contributed by atoms with van der Waals surface area (Å²) in [5.74, 6) is 0. The quantitative estimate of drug-likeness (QED) is 0.609. The summed E-state index contributed by atoms with van der Waals surface area (Å²) < 4.78 is 0. The molecule has 62 valence electrons. The van der Waals surface area contributed by atoms with Gasteiger partial charge in [-0.25, -0.2) is 0 Å². The lowest BCUT2D eigenvalue weighted by atomic mass is 9.82. The van der Waals surface area contributed by atoms with Crippen LogP contribution in [0.2, 0.25) is 0 Å². The molecule has 1 spiro atoms. The van der Waals surface area contributed by atoms with Gasteiger partial charge in [0.05, 0.1) is 0 Å². The van der Waals surface area contributed by atoms with Gasteiger partial charge in [0.1, 0.15) is 0 Å². The van der Waals surface area contributed by atoms with Gasteiger partial charge >= 0.3 is 0 Å². The normalized spacial score (nSPS) is 31.7. The second kappa shape index (κ2) is 2.11. The molecule has 1 fully saturated rings. The molecule has 1 N–H and O–H groups in total. The van der Waals surface area contributed by atoms with Gasteiger partial charge in [0.15, 0.2) is 0 Å². The molecule has 0 bridgehead atoms. The Balaban J connectivity index is 2.13. The third kappa shape index (κ3) is 0.674. The molecular formula is C11H13N. The van der Waals surface area contributed by atoms with Gasteiger partial charge < -0.3 is 5.32 Å². The average molecular weight is 159 g/mol. The predicted molar refractivity (Wildman–Crippen MR) is 49.1 cm³/mol. The third-order valence-corrected chi connectivity index (χ3v) is 3.37. The van der Waals surface area contributed by atoms with E-state index in [0.717, 1.165) is 0 Å². The van der Waals surface area contributed by atoms with Crippen molar-refractivity contribution < 1.29 is 0 Å². The van der Waals surface area contributed by atoms with Crippen molar-refractivity contribution >= 4 is 0 Å². The number of nitrogens with one attached hydrogen (secondary N) is 1. The Morgan fingerprint density at radius 2 is 2.00 bits per heavy atom. The van der Waals surface area contributed by atoms with Crippen LogP contribution in [-0.4, -0.2) is 6.54 Å². The van der Waals surface area contributed by atoms with E-state index in [0.29, 0.717) is 5.54 Å². The molecule has 1 aromatic carbocycles. The zero-order valence-corrected chi connectivity index (χ0v) is 7.14. The SMILES string of the molecule is c1ccc2c(c1)CC[C@]21CCN1. The van der Waals surface area contributed by atoms with Crippen LogP contribution in [0.15, 0.2) is 24.3 Å². The van der Waals surface area contributed by atoms with E-state index in [4.69, 9.17) is 0 Å². The summed E-state index contributed by atoms with van der Waals surface area (Å²) in [7, 11) is 0. The van der Waals surface area contributed by atoms with Crippen LogP contribution < -0.4 is 5.32 Å². The zero-order chi connectivity index (χ0) is 8.02. The molecule has 0 aromatic heterocycles. The smallest absolute Gasteiger partial charge is 0.0452 e. The van der Waals surface area contributed by atoms with Crippen LogP contribution in [0.25, 0.3) is 0 Å². The Hall–Kier alpha value is -0.820. The topological polar surface area (TPSA) is 12.0 Å². The van der Waals surface area contributed by atoms with E-state index in [1.165, 1.54) is 25.8 Å². The van der Waals surface area contributed by atoms with Crippen LogP contribution in [0.5, 0.6) is 0 Å². The molecule has 0 radical (unpaired) electrons. The minimum Gasteiger partial charge on any atom is -0.307 e. The summed E-state index contributed by atoms with van der Waals surface area (Å²) >= 11 is 0. The first kappa shape index (κ1) is 6.67. The molecule has 2 aliphatic rings. The van der Waals surface area contributed by atoms with Crippen LogP contribution in [-0.2, 0) is 12.0 Å². The zero-order valence-electron chi connectivity index (χ0n) is 7.14. The van der Waals surface area contributed by atoms with Crippen LogP contribution in [0.4, 0.5) is 0 Å². The van der Waals surface area contributed by atoms with E-state index in [1.54, 1.807) is 11.1 Å². The summed E-state index contributed by atoms with van der Waals surface area (Å²) in [5, 5.41) is 3.58. The van der Waals surface area contributed by atoms with Crippen molar-refractivity contribution in [1.82, 2.24) is 5.32 Å². The standard InChI is InChI=1S/C11H13N/c1-2-4-10-9(3-1)5-6-11(10)7-8-12-11/h1-4,12H,5-8H2/t11-/m0/s1. The third-order valence-electron chi connectivity index (χ3n) is 3.37. The highest BCUT2D eigenvalue weighted by Gasteiger charge is 2.42. The molecule has 0 saturated carbocycles. The van der Waals surface area contributed by atoms with Crippen molar-refractivity contribution in [2.75, 3.05) is 6.54 Å². The van der Waals surface area contributed by atoms with Gasteiger partial charge in [0, 0.05) is 5.54 Å². The molecule has 1 aromatic rings. The number of rotatable bonds is 0. The molecule has 0 unspecified atom stereocenters. The second-order valence-corrected chi connectivity index (χ2v) is 3.92. The van der Waals surface area contributed by atoms with Crippen molar-refractivity contribution in [1.29, 1.82) is 0 Å². The van der Waals surface area contributed by atoms with Crippen LogP contribution in [0, 0.1) is 0 Å².